The molecule has 2 bridgehead atoms. The van der Waals surface area contributed by atoms with Gasteiger partial charge in [-0.25, -0.2) is 15.0 Å². The van der Waals surface area contributed by atoms with Crippen LogP contribution in [0.4, 0.5) is 0 Å². The van der Waals surface area contributed by atoms with Crippen LogP contribution >= 0.6 is 0 Å². The van der Waals surface area contributed by atoms with Crippen LogP contribution in [0, 0.1) is 18.3 Å². The summed E-state index contributed by atoms with van der Waals surface area (Å²) in [6, 6.07) is 9.98. The van der Waals surface area contributed by atoms with Crippen LogP contribution in [0.15, 0.2) is 48.8 Å². The fourth-order valence-corrected chi connectivity index (χ4v) is 6.35. The molecule has 2 aromatic carbocycles. The predicted molar refractivity (Wildman–Crippen MR) is 137 cm³/mol. The van der Waals surface area contributed by atoms with Gasteiger partial charge in [-0.05, 0) is 48.6 Å². The molecule has 2 aliphatic heterocycles. The van der Waals surface area contributed by atoms with Crippen molar-refractivity contribution in [1.29, 1.82) is 0 Å². The number of nitrogens with zero attached hydrogens (tertiary/aromatic N) is 5. The average molecular weight is 478 g/mol. The highest BCUT2D eigenvalue weighted by Gasteiger charge is 2.44. The Morgan fingerprint density at radius 1 is 1.17 bits per heavy atom. The molecule has 0 radical (unpaired) electrons. The van der Waals surface area contributed by atoms with Gasteiger partial charge in [0.25, 0.3) is 5.91 Å². The summed E-state index contributed by atoms with van der Waals surface area (Å²) < 4.78 is 26.6. The number of nitrogens with two attached hydrogens (primary N) is 1. The highest BCUT2D eigenvalue weighted by Crippen LogP contribution is 2.48. The first-order valence-corrected chi connectivity index (χ1v) is 12.2. The number of carbonyl (C=O) groups excluding carboxylic acids is 1. The van der Waals surface area contributed by atoms with E-state index < -0.39 is 24.5 Å². The van der Waals surface area contributed by atoms with Gasteiger partial charge in [0, 0.05) is 52.2 Å². The Bertz CT molecular complexity index is 1710. The summed E-state index contributed by atoms with van der Waals surface area (Å²) in [7, 11) is 0. The molecule has 2 atom stereocenters. The second-order valence-electron chi connectivity index (χ2n) is 10.4. The van der Waals surface area contributed by atoms with Gasteiger partial charge >= 0.3 is 0 Å². The first-order valence-electron chi connectivity index (χ1n) is 13.7. The lowest BCUT2D eigenvalue weighted by Crippen LogP contribution is -2.49. The maximum Gasteiger partial charge on any atom is 0.254 e. The van der Waals surface area contributed by atoms with Gasteiger partial charge in [0.1, 0.15) is 11.6 Å². The maximum atomic E-state index is 13.6. The number of hydrogen-bond donors (Lipinski definition) is 1. The van der Waals surface area contributed by atoms with Crippen LogP contribution in [-0.4, -0.2) is 37.3 Å². The van der Waals surface area contributed by atoms with Crippen LogP contribution < -0.4 is 5.73 Å². The summed E-state index contributed by atoms with van der Waals surface area (Å²) in [6.45, 7) is -0.468. The summed E-state index contributed by atoms with van der Waals surface area (Å²) in [6.07, 6.45) is 11.6. The first-order chi connectivity index (χ1) is 18.6. The summed E-state index contributed by atoms with van der Waals surface area (Å²) in [4.78, 5) is 28.6. The van der Waals surface area contributed by atoms with Crippen molar-refractivity contribution < 1.29 is 8.91 Å². The third kappa shape index (κ3) is 2.79. The Morgan fingerprint density at radius 2 is 1.97 bits per heavy atom. The number of aromatic nitrogens is 4. The van der Waals surface area contributed by atoms with Crippen LogP contribution in [0.1, 0.15) is 75.5 Å². The second-order valence-corrected chi connectivity index (χ2v) is 10.4. The van der Waals surface area contributed by atoms with E-state index in [0.29, 0.717) is 46.2 Å². The second kappa shape index (κ2) is 7.25. The normalized spacial score (nSPS) is 27.8. The lowest BCUT2D eigenvalue weighted by Gasteiger charge is -2.41. The molecule has 0 saturated heterocycles. The minimum atomic E-state index is -2.64. The van der Waals surface area contributed by atoms with E-state index in [1.165, 1.54) is 0 Å². The third-order valence-electron chi connectivity index (χ3n) is 7.98. The zero-order chi connectivity index (χ0) is 27.3. The van der Waals surface area contributed by atoms with E-state index in [1.54, 1.807) is 30.6 Å². The van der Waals surface area contributed by atoms with Crippen LogP contribution in [-0.2, 0) is 5.54 Å². The Labute approximate surface area is 213 Å². The third-order valence-corrected chi connectivity index (χ3v) is 7.98. The molecule has 1 fully saturated rings. The minimum Gasteiger partial charge on any atom is -0.331 e. The molecule has 0 spiro atoms. The molecule has 1 amide bonds. The topological polar surface area (TPSA) is 89.9 Å². The summed E-state index contributed by atoms with van der Waals surface area (Å²) in [5, 5.41) is 0. The zero-order valence-electron chi connectivity index (χ0n) is 22.8. The Balaban J connectivity index is 1.38. The molecule has 0 unspecified atom stereocenters. The average Bonchev–Trinajstić information content (AvgIpc) is 3.39. The van der Waals surface area contributed by atoms with Crippen molar-refractivity contribution in [2.75, 3.05) is 6.98 Å². The Morgan fingerprint density at radius 3 is 2.69 bits per heavy atom. The van der Waals surface area contributed by atoms with E-state index in [9.17, 15) is 4.79 Å². The largest absolute Gasteiger partial charge is 0.331 e. The van der Waals surface area contributed by atoms with E-state index in [-0.39, 0.29) is 6.04 Å². The number of carbonyl (C=O) groups is 1. The quantitative estimate of drug-likeness (QED) is 0.438. The molecule has 7 heteroatoms. The zero-order valence-corrected chi connectivity index (χ0v) is 19.8. The van der Waals surface area contributed by atoms with Crippen LogP contribution in [0.3, 0.4) is 0 Å². The molecule has 4 heterocycles. The molecule has 2 N–H and O–H groups in total. The molecule has 7 rings (SSSR count). The van der Waals surface area contributed by atoms with Gasteiger partial charge in [0.05, 0.1) is 28.7 Å². The van der Waals surface area contributed by atoms with Gasteiger partial charge in [-0.15, -0.1) is 6.42 Å². The summed E-state index contributed by atoms with van der Waals surface area (Å²) >= 11 is 0. The van der Waals surface area contributed by atoms with E-state index >= 15 is 0 Å². The van der Waals surface area contributed by atoms with Gasteiger partial charge in [-0.3, -0.25) is 4.79 Å². The van der Waals surface area contributed by atoms with Crippen molar-refractivity contribution in [1.82, 2.24) is 24.4 Å². The molecular weight excluding hydrogens is 448 g/mol. The Kier molecular flexibility index (Phi) is 3.68. The molecule has 178 valence electrons. The van der Waals surface area contributed by atoms with Gasteiger partial charge in [-0.2, -0.15) is 0 Å². The highest BCUT2D eigenvalue weighted by atomic mass is 16.2. The molecule has 1 saturated carbocycles. The molecule has 2 aromatic heterocycles. The highest BCUT2D eigenvalue weighted by molar-refractivity contribution is 5.98. The van der Waals surface area contributed by atoms with E-state index in [1.807, 2.05) is 22.8 Å². The van der Waals surface area contributed by atoms with Gasteiger partial charge in [0.2, 0.25) is 0 Å². The van der Waals surface area contributed by atoms with E-state index in [0.717, 1.165) is 34.4 Å². The fraction of sp³-hybridized carbons (Fsp3) is 0.310. The van der Waals surface area contributed by atoms with Crippen molar-refractivity contribution >= 4 is 16.9 Å². The monoisotopic (exact) mass is 477 g/mol. The van der Waals surface area contributed by atoms with Crippen LogP contribution in [0.25, 0.3) is 22.2 Å². The molecule has 1 aliphatic carbocycles. The van der Waals surface area contributed by atoms with E-state index in [2.05, 4.69) is 22.8 Å². The number of rotatable bonds is 2. The minimum absolute atomic E-state index is 0.322. The number of benzene rings is 2. The molecule has 7 nitrogen and oxygen atoms in total. The van der Waals surface area contributed by atoms with Crippen molar-refractivity contribution in [3.05, 3.63) is 77.1 Å². The summed E-state index contributed by atoms with van der Waals surface area (Å²) in [5.74, 6) is 3.94. The van der Waals surface area contributed by atoms with Gasteiger partial charge < -0.3 is 15.2 Å². The SMILES string of the molecule is [2H]C([2H])([2H])N1C(=O)c2cccc(C#C)c2[C@H]2C[C@@H]1c1nc3ccc(-c4cnc(C5(N)CC(C)C5)nc4)cc3n12. The van der Waals surface area contributed by atoms with Crippen molar-refractivity contribution in [2.24, 2.45) is 11.7 Å². The number of fused-ring (bicyclic) bond motifs is 9. The Hall–Kier alpha value is -4.02. The van der Waals surface area contributed by atoms with Gasteiger partial charge in [0.15, 0.2) is 0 Å². The predicted octanol–water partition coefficient (Wildman–Crippen LogP) is 4.18. The van der Waals surface area contributed by atoms with Gasteiger partial charge in [-0.1, -0.05) is 25.0 Å². The fourth-order valence-electron chi connectivity index (χ4n) is 6.35. The lowest BCUT2D eigenvalue weighted by atomic mass is 9.69. The van der Waals surface area contributed by atoms with Crippen molar-refractivity contribution in [3.63, 3.8) is 0 Å². The summed E-state index contributed by atoms with van der Waals surface area (Å²) in [5.41, 5.74) is 10.9. The maximum absolute atomic E-state index is 13.6. The number of imidazole rings is 1. The standard InChI is InChI=1S/C29H26N6O/c1-4-17-6-5-7-20-25(17)23-11-24(34(3)27(20)36)26-33-21-9-8-18(10-22(21)35(23)26)19-14-31-28(32-15-19)29(30)12-16(2)13-29/h1,5-10,14-16,23-24H,11-13,30H2,2-3H3/t16?,23-,24-,29?/m1/s1/i3D3. The van der Waals surface area contributed by atoms with Crippen molar-refractivity contribution in [2.45, 2.75) is 43.8 Å². The molecular formula is C29H26N6O. The number of hydrogen-bond acceptors (Lipinski definition) is 5. The number of terminal acetylenes is 1. The van der Waals surface area contributed by atoms with E-state index in [4.69, 9.17) is 21.3 Å². The number of amides is 1. The smallest absolute Gasteiger partial charge is 0.254 e. The molecule has 4 aromatic rings. The lowest BCUT2D eigenvalue weighted by molar-refractivity contribution is 0.0734. The van der Waals surface area contributed by atoms with Crippen LogP contribution in [0.2, 0.25) is 0 Å². The molecule has 36 heavy (non-hydrogen) atoms. The first kappa shape index (κ1) is 18.3. The van der Waals surface area contributed by atoms with Crippen LogP contribution in [0.5, 0.6) is 0 Å². The molecule has 3 aliphatic rings. The van der Waals surface area contributed by atoms with Crippen molar-refractivity contribution in [3.8, 4) is 23.5 Å².